The average Bonchev–Trinajstić information content (AvgIpc) is 3.34. The molecule has 0 unspecified atom stereocenters. The minimum absolute atomic E-state index is 0.0503. The molecular weight excluding hydrogens is 488 g/mol. The van der Waals surface area contributed by atoms with Crippen LogP contribution in [0.25, 0.3) is 0 Å². The minimum atomic E-state index is -3.70. The third-order valence-electron chi connectivity index (χ3n) is 5.78. The number of hydrogen-bond donors (Lipinski definition) is 0. The van der Waals surface area contributed by atoms with E-state index in [1.54, 1.807) is 36.4 Å². The molecule has 2 aliphatic heterocycles. The fourth-order valence-corrected chi connectivity index (χ4v) is 5.35. The van der Waals surface area contributed by atoms with Gasteiger partial charge in [-0.25, -0.2) is 0 Å². The highest BCUT2D eigenvalue weighted by Gasteiger charge is 2.48. The lowest BCUT2D eigenvalue weighted by atomic mass is 9.85. The summed E-state index contributed by atoms with van der Waals surface area (Å²) in [5.74, 6) is 0.886. The van der Waals surface area contributed by atoms with Crippen LogP contribution in [-0.2, 0) is 29.7 Å². The maximum absolute atomic E-state index is 11.5. The van der Waals surface area contributed by atoms with Crippen LogP contribution in [0.1, 0.15) is 23.3 Å². The Bertz CT molecular complexity index is 1170. The summed E-state index contributed by atoms with van der Waals surface area (Å²) in [5.41, 5.74) is 1.65. The second-order valence-electron chi connectivity index (χ2n) is 8.23. The van der Waals surface area contributed by atoms with Crippen molar-refractivity contribution in [3.8, 4) is 23.0 Å². The Hall–Kier alpha value is -2.54. The van der Waals surface area contributed by atoms with Gasteiger partial charge in [0.05, 0.1) is 52.2 Å². The van der Waals surface area contributed by atoms with Gasteiger partial charge in [-0.15, -0.1) is 0 Å². The van der Waals surface area contributed by atoms with Crippen molar-refractivity contribution in [3.05, 3.63) is 47.5 Å². The van der Waals surface area contributed by atoms with E-state index in [4.69, 9.17) is 27.3 Å². The van der Waals surface area contributed by atoms with Crippen LogP contribution in [0.15, 0.2) is 36.4 Å². The molecule has 34 heavy (non-hydrogen) atoms. The molecule has 10 nitrogen and oxygen atoms in total. The summed E-state index contributed by atoms with van der Waals surface area (Å²) in [6, 6.07) is 10.0. The fraction of sp³-hybridized carbons (Fsp3) is 0.455. The van der Waals surface area contributed by atoms with Gasteiger partial charge >= 0.3 is 20.2 Å². The van der Waals surface area contributed by atoms with Gasteiger partial charge in [-0.05, 0) is 35.4 Å². The van der Waals surface area contributed by atoms with Gasteiger partial charge < -0.3 is 27.3 Å². The molecular formula is C22H26O10S2. The van der Waals surface area contributed by atoms with E-state index in [0.717, 1.165) is 23.6 Å². The number of rotatable bonds is 8. The standard InChI is InChI=1S/C22H26O10S2/c1-27-19-9-13(5-7-17(19)31-33(3,23)24)21-15-11-30-22(16(15)12-29-21)14-6-8-18(20(10-14)28-2)32-34(4,25)26/h5-10,15-16,21-22H,11-12H2,1-4H3/t15-,16-,21-,22+/m0/s1. The molecule has 0 bridgehead atoms. The number of hydrogen-bond acceptors (Lipinski definition) is 10. The molecule has 2 saturated heterocycles. The van der Waals surface area contributed by atoms with E-state index in [9.17, 15) is 16.8 Å². The third-order valence-corrected chi connectivity index (χ3v) is 6.74. The number of methoxy groups -OCH3 is 2. The third kappa shape index (κ3) is 5.24. The van der Waals surface area contributed by atoms with Crippen molar-refractivity contribution in [2.24, 2.45) is 11.8 Å². The summed E-state index contributed by atoms with van der Waals surface area (Å²) in [4.78, 5) is 0. The van der Waals surface area contributed by atoms with E-state index in [0.29, 0.717) is 13.2 Å². The Labute approximate surface area is 198 Å². The molecule has 2 fully saturated rings. The Morgan fingerprint density at radius 1 is 0.676 bits per heavy atom. The van der Waals surface area contributed by atoms with Gasteiger partial charge in [-0.2, -0.15) is 16.8 Å². The second kappa shape index (κ2) is 9.25. The first kappa shape index (κ1) is 24.6. The van der Waals surface area contributed by atoms with Crippen LogP contribution in [0.3, 0.4) is 0 Å². The molecule has 0 amide bonds. The molecule has 4 rings (SSSR count). The van der Waals surface area contributed by atoms with Gasteiger partial charge in [-0.3, -0.25) is 0 Å². The maximum atomic E-state index is 11.5. The zero-order valence-electron chi connectivity index (χ0n) is 19.1. The van der Waals surface area contributed by atoms with Crippen LogP contribution in [0.2, 0.25) is 0 Å². The lowest BCUT2D eigenvalue weighted by Gasteiger charge is -2.19. The van der Waals surface area contributed by atoms with Gasteiger partial charge in [0.2, 0.25) is 0 Å². The Kier molecular flexibility index (Phi) is 6.69. The highest BCUT2D eigenvalue weighted by atomic mass is 32.2. The largest absolute Gasteiger partial charge is 0.493 e. The van der Waals surface area contributed by atoms with Crippen molar-refractivity contribution >= 4 is 20.2 Å². The van der Waals surface area contributed by atoms with Crippen molar-refractivity contribution in [2.75, 3.05) is 39.9 Å². The van der Waals surface area contributed by atoms with E-state index in [2.05, 4.69) is 0 Å². The van der Waals surface area contributed by atoms with Gasteiger partial charge in [0.1, 0.15) is 0 Å². The van der Waals surface area contributed by atoms with Crippen LogP contribution >= 0.6 is 0 Å². The molecule has 0 N–H and O–H groups in total. The van der Waals surface area contributed by atoms with E-state index < -0.39 is 20.2 Å². The summed E-state index contributed by atoms with van der Waals surface area (Å²) in [6.45, 7) is 0.904. The highest BCUT2D eigenvalue weighted by Crippen LogP contribution is 2.51. The second-order valence-corrected chi connectivity index (χ2v) is 11.4. The zero-order valence-corrected chi connectivity index (χ0v) is 20.7. The lowest BCUT2D eigenvalue weighted by Crippen LogP contribution is -2.15. The molecule has 4 atom stereocenters. The molecule has 2 aromatic rings. The first-order valence-corrected chi connectivity index (χ1v) is 14.0. The lowest BCUT2D eigenvalue weighted by molar-refractivity contribution is 0.0191. The number of benzene rings is 2. The van der Waals surface area contributed by atoms with Crippen molar-refractivity contribution < 1.29 is 44.1 Å². The fourth-order valence-electron chi connectivity index (χ4n) is 4.42. The van der Waals surface area contributed by atoms with Gasteiger partial charge in [0.15, 0.2) is 23.0 Å². The monoisotopic (exact) mass is 514 g/mol. The minimum Gasteiger partial charge on any atom is -0.493 e. The first-order chi connectivity index (χ1) is 16.0. The summed E-state index contributed by atoms with van der Waals surface area (Å²) in [6.07, 6.45) is 1.39. The van der Waals surface area contributed by atoms with Gasteiger partial charge in [-0.1, -0.05) is 12.1 Å². The van der Waals surface area contributed by atoms with E-state index >= 15 is 0 Å². The van der Waals surface area contributed by atoms with Crippen molar-refractivity contribution in [1.29, 1.82) is 0 Å². The number of ether oxygens (including phenoxy) is 4. The average molecular weight is 515 g/mol. The normalized spacial score (nSPS) is 24.5. The predicted octanol–water partition coefficient (Wildman–Crippen LogP) is 2.46. The van der Waals surface area contributed by atoms with E-state index in [1.165, 1.54) is 14.2 Å². The highest BCUT2D eigenvalue weighted by molar-refractivity contribution is 7.86. The van der Waals surface area contributed by atoms with Crippen LogP contribution in [0.5, 0.6) is 23.0 Å². The molecule has 0 spiro atoms. The SMILES string of the molecule is COc1cc([C@H]2OC[C@H]3[C@@H]2CO[C@H]3c2ccc(OS(C)(=O)=O)c(OC)c2)ccc1OS(C)(=O)=O. The van der Waals surface area contributed by atoms with Crippen LogP contribution in [-0.4, -0.2) is 56.8 Å². The molecule has 2 aromatic carbocycles. The van der Waals surface area contributed by atoms with Crippen LogP contribution in [0.4, 0.5) is 0 Å². The van der Waals surface area contributed by atoms with E-state index in [-0.39, 0.29) is 47.0 Å². The van der Waals surface area contributed by atoms with Crippen LogP contribution in [0, 0.1) is 11.8 Å². The predicted molar refractivity (Wildman–Crippen MR) is 121 cm³/mol. The quantitative estimate of drug-likeness (QED) is 0.485. The molecule has 0 aliphatic carbocycles. The summed E-state index contributed by atoms with van der Waals surface area (Å²) >= 11 is 0. The maximum Gasteiger partial charge on any atom is 0.306 e. The first-order valence-electron chi connectivity index (χ1n) is 10.4. The van der Waals surface area contributed by atoms with Gasteiger partial charge in [0.25, 0.3) is 0 Å². The molecule has 186 valence electrons. The van der Waals surface area contributed by atoms with Crippen LogP contribution < -0.4 is 17.8 Å². The molecule has 12 heteroatoms. The Morgan fingerprint density at radius 2 is 1.06 bits per heavy atom. The number of fused-ring (bicyclic) bond motifs is 1. The molecule has 0 saturated carbocycles. The summed E-state index contributed by atoms with van der Waals surface area (Å²) in [5, 5.41) is 0. The Balaban J connectivity index is 1.55. The zero-order chi connectivity index (χ0) is 24.7. The van der Waals surface area contributed by atoms with E-state index in [1.807, 2.05) is 0 Å². The van der Waals surface area contributed by atoms with Crippen molar-refractivity contribution in [1.82, 2.24) is 0 Å². The topological polar surface area (TPSA) is 124 Å². The van der Waals surface area contributed by atoms with Gasteiger partial charge in [0, 0.05) is 11.8 Å². The molecule has 2 heterocycles. The summed E-state index contributed by atoms with van der Waals surface area (Å²) in [7, 11) is -4.52. The van der Waals surface area contributed by atoms with Crippen molar-refractivity contribution in [3.63, 3.8) is 0 Å². The molecule has 2 aliphatic rings. The smallest absolute Gasteiger partial charge is 0.306 e. The van der Waals surface area contributed by atoms with Crippen molar-refractivity contribution in [2.45, 2.75) is 12.2 Å². The molecule has 0 radical (unpaired) electrons. The Morgan fingerprint density at radius 3 is 1.38 bits per heavy atom. The summed E-state index contributed by atoms with van der Waals surface area (Å²) < 4.78 is 78.8. The molecule has 0 aromatic heterocycles.